The van der Waals surface area contributed by atoms with Crippen LogP contribution in [0.2, 0.25) is 0 Å². The minimum Gasteiger partial charge on any atom is -0.458 e. The van der Waals surface area contributed by atoms with Gasteiger partial charge >= 0.3 is 5.97 Å². The molecule has 1 fully saturated rings. The number of alkyl halides is 2. The summed E-state index contributed by atoms with van der Waals surface area (Å²) in [5.41, 5.74) is 9.69. The summed E-state index contributed by atoms with van der Waals surface area (Å²) in [6, 6.07) is -1.74. The van der Waals surface area contributed by atoms with E-state index in [2.05, 4.69) is 23.9 Å². The molecule has 0 bridgehead atoms. The van der Waals surface area contributed by atoms with Crippen LogP contribution in [0.25, 0.3) is 0 Å². The van der Waals surface area contributed by atoms with Crippen LogP contribution >= 0.6 is 0 Å². The highest BCUT2D eigenvalue weighted by atomic mass is 19.3. The number of rotatable bonds is 16. The molecule has 0 aromatic heterocycles. The molecule has 3 atom stereocenters. The number of halogens is 2. The van der Waals surface area contributed by atoms with E-state index < -0.39 is 30.6 Å². The highest BCUT2D eigenvalue weighted by Gasteiger charge is 2.34. The summed E-state index contributed by atoms with van der Waals surface area (Å²) in [7, 11) is 1.59. The minimum atomic E-state index is -3.06. The van der Waals surface area contributed by atoms with Crippen molar-refractivity contribution in [3.63, 3.8) is 0 Å². The van der Waals surface area contributed by atoms with Gasteiger partial charge in [-0.3, -0.25) is 19.5 Å². The monoisotopic (exact) mass is 489 g/mol. The Morgan fingerprint density at radius 2 is 2.15 bits per heavy atom. The molecule has 0 aliphatic carbocycles. The van der Waals surface area contributed by atoms with Gasteiger partial charge < -0.3 is 20.5 Å². The third-order valence-electron chi connectivity index (χ3n) is 5.57. The molecule has 0 aromatic rings. The second kappa shape index (κ2) is 15.0. The van der Waals surface area contributed by atoms with Gasteiger partial charge in [0, 0.05) is 38.9 Å². The van der Waals surface area contributed by atoms with E-state index in [0.717, 1.165) is 0 Å². The van der Waals surface area contributed by atoms with E-state index >= 15 is 0 Å². The number of esters is 1. The van der Waals surface area contributed by atoms with E-state index in [1.807, 2.05) is 11.8 Å². The van der Waals surface area contributed by atoms with Crippen LogP contribution in [0.3, 0.4) is 0 Å². The molecular formula is C23H41F2N5O4. The number of nitrogens with zero attached hydrogens (tertiary/aromatic N) is 2. The normalized spacial score (nSPS) is 18.3. The van der Waals surface area contributed by atoms with Gasteiger partial charge in [0.15, 0.2) is 6.61 Å². The minimum absolute atomic E-state index is 0.173. The van der Waals surface area contributed by atoms with Crippen molar-refractivity contribution in [1.82, 2.24) is 20.7 Å². The molecule has 1 heterocycles. The number of ether oxygens (including phenoxy) is 2. The molecule has 9 nitrogen and oxygen atoms in total. The summed E-state index contributed by atoms with van der Waals surface area (Å²) in [6.07, 6.45) is 3.14. The predicted octanol–water partition coefficient (Wildman–Crippen LogP) is 1.76. The van der Waals surface area contributed by atoms with Crippen LogP contribution in [0.5, 0.6) is 0 Å². The molecular weight excluding hydrogens is 448 g/mol. The number of nitrogens with one attached hydrogen (secondary N) is 2. The summed E-state index contributed by atoms with van der Waals surface area (Å²) in [5.74, 6) is -4.25. The molecule has 0 radical (unpaired) electrons. The Hall–Kier alpha value is -2.08. The second-order valence-electron chi connectivity index (χ2n) is 8.53. The van der Waals surface area contributed by atoms with Crippen LogP contribution in [-0.2, 0) is 19.1 Å². The zero-order valence-electron chi connectivity index (χ0n) is 20.7. The average molecular weight is 490 g/mol. The molecule has 0 unspecified atom stereocenters. The third-order valence-corrected chi connectivity index (χ3v) is 5.57. The Morgan fingerprint density at radius 1 is 1.44 bits per heavy atom. The van der Waals surface area contributed by atoms with Crippen molar-refractivity contribution < 1.29 is 27.8 Å². The molecule has 0 saturated carbocycles. The van der Waals surface area contributed by atoms with Gasteiger partial charge in [-0.1, -0.05) is 26.0 Å². The molecule has 1 saturated heterocycles. The van der Waals surface area contributed by atoms with Gasteiger partial charge in [-0.25, -0.2) is 14.2 Å². The fourth-order valence-corrected chi connectivity index (χ4v) is 3.39. The van der Waals surface area contributed by atoms with Gasteiger partial charge in [0.05, 0.1) is 18.8 Å². The Morgan fingerprint density at radius 3 is 2.76 bits per heavy atom. The maximum absolute atomic E-state index is 13.6. The SMILES string of the molecule is C=CCCN(CNC(=C)[C@H](C)OC)C[C@H](N)C(=O)N1CCC[C@@H](C(=O)OCC(F)(F)CCC)N1. The fraction of sp³-hybridized carbons (Fsp3) is 0.739. The fourth-order valence-electron chi connectivity index (χ4n) is 3.39. The number of hydrazine groups is 1. The first-order chi connectivity index (χ1) is 16.0. The number of nitrogens with two attached hydrogens (primary N) is 1. The van der Waals surface area contributed by atoms with E-state index in [0.29, 0.717) is 44.7 Å². The smallest absolute Gasteiger partial charge is 0.325 e. The first kappa shape index (κ1) is 30.0. The van der Waals surface area contributed by atoms with Gasteiger partial charge in [-0.15, -0.1) is 6.58 Å². The van der Waals surface area contributed by atoms with Crippen molar-refractivity contribution in [2.75, 3.05) is 40.0 Å². The molecule has 34 heavy (non-hydrogen) atoms. The van der Waals surface area contributed by atoms with Gasteiger partial charge in [0.1, 0.15) is 6.04 Å². The predicted molar refractivity (Wildman–Crippen MR) is 127 cm³/mol. The molecule has 1 amide bonds. The zero-order chi connectivity index (χ0) is 25.7. The highest BCUT2D eigenvalue weighted by Crippen LogP contribution is 2.21. The van der Waals surface area contributed by atoms with Gasteiger partial charge in [0.25, 0.3) is 11.8 Å². The highest BCUT2D eigenvalue weighted by molar-refractivity contribution is 5.83. The van der Waals surface area contributed by atoms with Crippen molar-refractivity contribution in [3.05, 3.63) is 24.9 Å². The van der Waals surface area contributed by atoms with Crippen molar-refractivity contribution in [2.24, 2.45) is 5.73 Å². The van der Waals surface area contributed by atoms with Crippen LogP contribution in [-0.4, -0.2) is 85.9 Å². The first-order valence-corrected chi connectivity index (χ1v) is 11.7. The summed E-state index contributed by atoms with van der Waals surface area (Å²) in [4.78, 5) is 27.2. The van der Waals surface area contributed by atoms with E-state index in [9.17, 15) is 18.4 Å². The van der Waals surface area contributed by atoms with Gasteiger partial charge in [-0.2, -0.15) is 0 Å². The number of hydrogen-bond acceptors (Lipinski definition) is 8. The summed E-state index contributed by atoms with van der Waals surface area (Å²) in [5, 5.41) is 4.46. The summed E-state index contributed by atoms with van der Waals surface area (Å²) in [6.45, 7) is 11.9. The van der Waals surface area contributed by atoms with E-state index in [-0.39, 0.29) is 31.4 Å². The quantitative estimate of drug-likeness (QED) is 0.171. The molecule has 1 aliphatic rings. The standard InChI is InChI=1S/C23H41F2N5O4/c1-6-8-12-29(16-27-17(3)18(4)33-5)14-19(26)21(31)30-13-9-10-20(28-30)22(32)34-15-23(24,25)11-7-2/h6,18-20,27-28H,1,3,7-16,26H2,2,4-5H3/t18-,19-,20-/m0/s1. The van der Waals surface area contributed by atoms with Crippen LogP contribution < -0.4 is 16.5 Å². The number of methoxy groups -OCH3 is 1. The summed E-state index contributed by atoms with van der Waals surface area (Å²) >= 11 is 0. The van der Waals surface area contributed by atoms with Gasteiger partial charge in [-0.05, 0) is 26.2 Å². The molecule has 1 rings (SSSR count). The molecule has 0 aromatic carbocycles. The van der Waals surface area contributed by atoms with E-state index in [1.54, 1.807) is 20.1 Å². The Bertz CT molecular complexity index is 680. The third kappa shape index (κ3) is 10.5. The van der Waals surface area contributed by atoms with E-state index in [4.69, 9.17) is 15.2 Å². The molecule has 11 heteroatoms. The lowest BCUT2D eigenvalue weighted by Gasteiger charge is -2.35. The number of amides is 1. The lowest BCUT2D eigenvalue weighted by atomic mass is 10.1. The number of carbonyl (C=O) groups excluding carboxylic acids is 2. The average Bonchev–Trinajstić information content (AvgIpc) is 2.82. The summed E-state index contributed by atoms with van der Waals surface area (Å²) < 4.78 is 37.3. The van der Waals surface area contributed by atoms with Crippen molar-refractivity contribution >= 4 is 11.9 Å². The van der Waals surface area contributed by atoms with Crippen molar-refractivity contribution in [2.45, 2.75) is 70.1 Å². The molecule has 196 valence electrons. The Kier molecular flexibility index (Phi) is 13.2. The lowest BCUT2D eigenvalue weighted by molar-refractivity contribution is -0.162. The first-order valence-electron chi connectivity index (χ1n) is 11.7. The molecule has 0 spiro atoms. The van der Waals surface area contributed by atoms with Crippen molar-refractivity contribution in [3.8, 4) is 0 Å². The number of hydrogen-bond donors (Lipinski definition) is 3. The Labute approximate surface area is 201 Å². The maximum Gasteiger partial charge on any atom is 0.325 e. The van der Waals surface area contributed by atoms with Crippen LogP contribution in [0.4, 0.5) is 8.78 Å². The topological polar surface area (TPSA) is 109 Å². The van der Waals surface area contributed by atoms with Crippen molar-refractivity contribution in [1.29, 1.82) is 0 Å². The number of carbonyl (C=O) groups is 2. The Balaban J connectivity index is 2.64. The molecule has 1 aliphatic heterocycles. The van der Waals surface area contributed by atoms with Crippen LogP contribution in [0.1, 0.15) is 46.0 Å². The molecule has 4 N–H and O–H groups in total. The lowest BCUT2D eigenvalue weighted by Crippen LogP contribution is -2.60. The maximum atomic E-state index is 13.6. The van der Waals surface area contributed by atoms with Crippen LogP contribution in [0.15, 0.2) is 24.9 Å². The second-order valence-corrected chi connectivity index (χ2v) is 8.53. The largest absolute Gasteiger partial charge is 0.458 e. The van der Waals surface area contributed by atoms with Gasteiger partial charge in [0.2, 0.25) is 0 Å². The zero-order valence-corrected chi connectivity index (χ0v) is 20.7. The van der Waals surface area contributed by atoms with Crippen LogP contribution in [0, 0.1) is 0 Å². The van der Waals surface area contributed by atoms with E-state index in [1.165, 1.54) is 5.01 Å².